The van der Waals surface area contributed by atoms with Gasteiger partial charge in [0.05, 0.1) is 12.1 Å². The van der Waals surface area contributed by atoms with Gasteiger partial charge in [-0.15, -0.1) is 10.2 Å². The number of hydrogen-bond acceptors (Lipinski definition) is 6. The van der Waals surface area contributed by atoms with E-state index in [2.05, 4.69) is 25.7 Å². The van der Waals surface area contributed by atoms with Crippen molar-refractivity contribution in [1.82, 2.24) is 30.5 Å². The fourth-order valence-corrected chi connectivity index (χ4v) is 4.35. The Bertz CT molecular complexity index is 1220. The molecule has 36 heavy (non-hydrogen) atoms. The van der Waals surface area contributed by atoms with Gasteiger partial charge in [-0.25, -0.2) is 9.37 Å². The van der Waals surface area contributed by atoms with Crippen LogP contribution < -0.4 is 5.32 Å². The maximum atomic E-state index is 13.5. The minimum atomic E-state index is -4.83. The van der Waals surface area contributed by atoms with Crippen LogP contribution in [0.15, 0.2) is 30.3 Å². The standard InChI is InChI=1S/C24H26F4N6O2/c1-14-8-18(22-31-33-34(32-22)12-15-2-4-16(13-35)5-3-15)10-21(30-14)23(36)29-11-17-6-7-20(25)19(9-17)24(26,27)28/h6-10,15-16,35H,2-5,11-13H2,1H3,(H,29,36)/t15-,16-. The quantitative estimate of drug-likeness (QED) is 0.471. The largest absolute Gasteiger partial charge is 0.419 e. The molecule has 1 saturated carbocycles. The molecule has 1 aromatic carbocycles. The van der Waals surface area contributed by atoms with E-state index in [0.717, 1.165) is 31.7 Å². The van der Waals surface area contributed by atoms with Crippen molar-refractivity contribution >= 4 is 5.91 Å². The Balaban J connectivity index is 1.42. The lowest BCUT2D eigenvalue weighted by atomic mass is 9.82. The van der Waals surface area contributed by atoms with E-state index in [4.69, 9.17) is 0 Å². The molecule has 1 aliphatic rings. The maximum Gasteiger partial charge on any atom is 0.419 e. The van der Waals surface area contributed by atoms with Crippen molar-refractivity contribution in [3.05, 3.63) is 58.7 Å². The molecule has 2 aromatic heterocycles. The highest BCUT2D eigenvalue weighted by Crippen LogP contribution is 2.32. The normalized spacial score (nSPS) is 18.3. The number of benzene rings is 1. The number of aromatic nitrogens is 5. The van der Waals surface area contributed by atoms with Crippen LogP contribution in [0.25, 0.3) is 11.4 Å². The van der Waals surface area contributed by atoms with Crippen molar-refractivity contribution in [2.75, 3.05) is 6.61 Å². The molecule has 0 saturated heterocycles. The molecule has 0 aliphatic heterocycles. The third-order valence-electron chi connectivity index (χ3n) is 6.33. The zero-order chi connectivity index (χ0) is 25.9. The summed E-state index contributed by atoms with van der Waals surface area (Å²) >= 11 is 0. The molecule has 1 amide bonds. The maximum absolute atomic E-state index is 13.5. The Morgan fingerprint density at radius 1 is 1.14 bits per heavy atom. The molecule has 3 aromatic rings. The summed E-state index contributed by atoms with van der Waals surface area (Å²) in [5.41, 5.74) is -0.188. The number of aryl methyl sites for hydroxylation is 1. The SMILES string of the molecule is Cc1cc(-c2nnn(C[C@H]3CC[C@H](CO)CC3)n2)cc(C(=O)NCc2ccc(F)c(C(F)(F)F)c2)n1. The van der Waals surface area contributed by atoms with Gasteiger partial charge in [-0.3, -0.25) is 4.79 Å². The van der Waals surface area contributed by atoms with Gasteiger partial charge in [0.1, 0.15) is 11.5 Å². The Morgan fingerprint density at radius 2 is 1.86 bits per heavy atom. The van der Waals surface area contributed by atoms with Crippen LogP contribution in [0.1, 0.15) is 53.0 Å². The lowest BCUT2D eigenvalue weighted by molar-refractivity contribution is -0.140. The van der Waals surface area contributed by atoms with Crippen LogP contribution in [0.4, 0.5) is 17.6 Å². The number of pyridine rings is 1. The summed E-state index contributed by atoms with van der Waals surface area (Å²) in [5.74, 6) is -0.891. The second kappa shape index (κ2) is 10.7. The molecule has 0 bridgehead atoms. The molecule has 0 unspecified atom stereocenters. The topological polar surface area (TPSA) is 106 Å². The first-order valence-electron chi connectivity index (χ1n) is 11.6. The summed E-state index contributed by atoms with van der Waals surface area (Å²) in [6.07, 6.45) is -0.917. The molecule has 8 nitrogen and oxygen atoms in total. The van der Waals surface area contributed by atoms with E-state index in [-0.39, 0.29) is 24.4 Å². The number of carbonyl (C=O) groups is 1. The summed E-state index contributed by atoms with van der Waals surface area (Å²) in [6.45, 7) is 2.29. The zero-order valence-corrected chi connectivity index (χ0v) is 19.6. The van der Waals surface area contributed by atoms with Gasteiger partial charge in [0.2, 0.25) is 5.82 Å². The molecule has 4 rings (SSSR count). The number of tetrazole rings is 1. The highest BCUT2D eigenvalue weighted by atomic mass is 19.4. The van der Waals surface area contributed by atoms with Gasteiger partial charge in [0.15, 0.2) is 0 Å². The first kappa shape index (κ1) is 25.7. The van der Waals surface area contributed by atoms with Crippen molar-refractivity contribution in [1.29, 1.82) is 0 Å². The highest BCUT2D eigenvalue weighted by Gasteiger charge is 2.34. The van der Waals surface area contributed by atoms with Crippen LogP contribution in [0.2, 0.25) is 0 Å². The van der Waals surface area contributed by atoms with Crippen LogP contribution in [-0.4, -0.2) is 42.8 Å². The summed E-state index contributed by atoms with van der Waals surface area (Å²) < 4.78 is 52.3. The molecular formula is C24H26F4N6O2. The van der Waals surface area contributed by atoms with Crippen molar-refractivity contribution in [3.8, 4) is 11.4 Å². The van der Waals surface area contributed by atoms with Crippen molar-refractivity contribution in [2.45, 2.75) is 51.9 Å². The average molecular weight is 507 g/mol. The average Bonchev–Trinajstić information content (AvgIpc) is 3.31. The molecule has 192 valence electrons. The lowest BCUT2D eigenvalue weighted by Gasteiger charge is -2.26. The van der Waals surface area contributed by atoms with Gasteiger partial charge in [-0.05, 0) is 79.5 Å². The molecule has 12 heteroatoms. The van der Waals surface area contributed by atoms with Gasteiger partial charge in [0, 0.05) is 24.4 Å². The fraction of sp³-hybridized carbons (Fsp3) is 0.458. The predicted molar refractivity (Wildman–Crippen MR) is 121 cm³/mol. The number of hydrogen-bond donors (Lipinski definition) is 2. The number of aliphatic hydroxyl groups is 1. The Labute approximate surface area is 204 Å². The van der Waals surface area contributed by atoms with E-state index in [1.54, 1.807) is 13.0 Å². The van der Waals surface area contributed by atoms with Gasteiger partial charge in [-0.1, -0.05) is 6.07 Å². The van der Waals surface area contributed by atoms with Crippen LogP contribution in [0.3, 0.4) is 0 Å². The van der Waals surface area contributed by atoms with E-state index in [1.165, 1.54) is 16.9 Å². The van der Waals surface area contributed by atoms with Crippen molar-refractivity contribution in [3.63, 3.8) is 0 Å². The Hall–Kier alpha value is -3.41. The number of amides is 1. The van der Waals surface area contributed by atoms with Crippen LogP contribution in [-0.2, 0) is 19.3 Å². The fourth-order valence-electron chi connectivity index (χ4n) is 4.35. The molecular weight excluding hydrogens is 480 g/mol. The monoisotopic (exact) mass is 506 g/mol. The number of aliphatic hydroxyl groups excluding tert-OH is 1. The molecule has 0 spiro atoms. The molecule has 1 fully saturated rings. The summed E-state index contributed by atoms with van der Waals surface area (Å²) in [7, 11) is 0. The predicted octanol–water partition coefficient (Wildman–Crippen LogP) is 3.93. The van der Waals surface area contributed by atoms with Crippen molar-refractivity contribution < 1.29 is 27.5 Å². The third-order valence-corrected chi connectivity index (χ3v) is 6.33. The summed E-state index contributed by atoms with van der Waals surface area (Å²) in [5, 5.41) is 24.5. The van der Waals surface area contributed by atoms with E-state index in [0.29, 0.717) is 41.5 Å². The number of nitrogens with zero attached hydrogens (tertiary/aromatic N) is 5. The second-order valence-electron chi connectivity index (χ2n) is 9.11. The van der Waals surface area contributed by atoms with Gasteiger partial charge in [-0.2, -0.15) is 18.0 Å². The Kier molecular flexibility index (Phi) is 7.62. The first-order chi connectivity index (χ1) is 17.1. The highest BCUT2D eigenvalue weighted by molar-refractivity contribution is 5.93. The number of halogens is 4. The van der Waals surface area contributed by atoms with Crippen LogP contribution in [0.5, 0.6) is 0 Å². The Morgan fingerprint density at radius 3 is 2.56 bits per heavy atom. The molecule has 2 N–H and O–H groups in total. The smallest absolute Gasteiger partial charge is 0.396 e. The van der Waals surface area contributed by atoms with Gasteiger partial charge >= 0.3 is 6.18 Å². The van der Waals surface area contributed by atoms with Gasteiger partial charge < -0.3 is 10.4 Å². The number of alkyl halides is 3. The molecule has 0 atom stereocenters. The summed E-state index contributed by atoms with van der Waals surface area (Å²) in [6, 6.07) is 5.77. The van der Waals surface area contributed by atoms with E-state index < -0.39 is 23.5 Å². The molecule has 0 radical (unpaired) electrons. The van der Waals surface area contributed by atoms with Crippen molar-refractivity contribution in [2.24, 2.45) is 11.8 Å². The van der Waals surface area contributed by atoms with Crippen LogP contribution in [0, 0.1) is 24.6 Å². The second-order valence-corrected chi connectivity index (χ2v) is 9.11. The zero-order valence-electron chi connectivity index (χ0n) is 19.6. The molecule has 1 aliphatic carbocycles. The van der Waals surface area contributed by atoms with E-state index in [1.807, 2.05) is 0 Å². The number of rotatable bonds is 7. The van der Waals surface area contributed by atoms with Gasteiger partial charge in [0.25, 0.3) is 5.91 Å². The van der Waals surface area contributed by atoms with Crippen LogP contribution >= 0.6 is 0 Å². The third kappa shape index (κ3) is 6.23. The first-order valence-corrected chi connectivity index (χ1v) is 11.6. The minimum absolute atomic E-state index is 0.0434. The lowest BCUT2D eigenvalue weighted by Crippen LogP contribution is -2.24. The molecule has 2 heterocycles. The number of nitrogens with one attached hydrogen (secondary N) is 1. The number of carbonyl (C=O) groups excluding carboxylic acids is 1. The summed E-state index contributed by atoms with van der Waals surface area (Å²) in [4.78, 5) is 18.4. The van der Waals surface area contributed by atoms with E-state index >= 15 is 0 Å². The van der Waals surface area contributed by atoms with E-state index in [9.17, 15) is 27.5 Å². The minimum Gasteiger partial charge on any atom is -0.396 e.